The van der Waals surface area contributed by atoms with Crippen LogP contribution in [0.4, 0.5) is 5.69 Å². The second-order valence-corrected chi connectivity index (χ2v) is 6.19. The predicted octanol–water partition coefficient (Wildman–Crippen LogP) is 3.63. The maximum absolute atomic E-state index is 12.2. The van der Waals surface area contributed by atoms with E-state index in [1.165, 1.54) is 0 Å². The summed E-state index contributed by atoms with van der Waals surface area (Å²) in [4.78, 5) is 16.3. The molecule has 0 atom stereocenters. The maximum Gasteiger partial charge on any atom is 0.224 e. The van der Waals surface area contributed by atoms with Gasteiger partial charge in [-0.1, -0.05) is 18.2 Å². The number of carbonyl (C=O) groups is 1. The summed E-state index contributed by atoms with van der Waals surface area (Å²) in [6.07, 6.45) is 10.2. The second kappa shape index (κ2) is 7.70. The van der Waals surface area contributed by atoms with Crippen molar-refractivity contribution in [3.05, 3.63) is 91.3 Å². The summed E-state index contributed by atoms with van der Waals surface area (Å²) in [5.74, 6) is -0.0159. The first-order valence-corrected chi connectivity index (χ1v) is 8.75. The van der Waals surface area contributed by atoms with E-state index in [4.69, 9.17) is 0 Å². The number of amides is 1. The first kappa shape index (κ1) is 16.8. The molecule has 6 nitrogen and oxygen atoms in total. The van der Waals surface area contributed by atoms with Crippen molar-refractivity contribution in [1.29, 1.82) is 0 Å². The quantitative estimate of drug-likeness (QED) is 0.573. The fourth-order valence-corrected chi connectivity index (χ4v) is 2.82. The summed E-state index contributed by atoms with van der Waals surface area (Å²) < 4.78 is 3.73. The maximum atomic E-state index is 12.2. The Morgan fingerprint density at radius 2 is 1.81 bits per heavy atom. The van der Waals surface area contributed by atoms with Gasteiger partial charge in [-0.25, -0.2) is 9.67 Å². The molecule has 0 saturated carbocycles. The standard InChI is InChI=1S/C21H19N5O/c27-21(24-18-7-9-19(10-8-18)25-13-12-22-16-25)11-6-17-14-23-26(15-17)20-4-2-1-3-5-20/h1-5,7-10,12-16H,6,11H2,(H,24,27). The third-order valence-corrected chi connectivity index (χ3v) is 4.25. The number of imidazole rings is 1. The molecule has 1 amide bonds. The Morgan fingerprint density at radius 1 is 1.00 bits per heavy atom. The van der Waals surface area contributed by atoms with Crippen molar-refractivity contribution in [1.82, 2.24) is 19.3 Å². The molecule has 2 aromatic carbocycles. The first-order chi connectivity index (χ1) is 13.3. The molecule has 2 heterocycles. The van der Waals surface area contributed by atoms with Crippen LogP contribution in [0.3, 0.4) is 0 Å². The van der Waals surface area contributed by atoms with E-state index in [0.29, 0.717) is 12.8 Å². The summed E-state index contributed by atoms with van der Waals surface area (Å²) in [7, 11) is 0. The molecule has 6 heteroatoms. The van der Waals surface area contributed by atoms with E-state index in [-0.39, 0.29) is 5.91 Å². The average molecular weight is 357 g/mol. The number of para-hydroxylation sites is 1. The number of carbonyl (C=O) groups excluding carboxylic acids is 1. The van der Waals surface area contributed by atoms with Crippen molar-refractivity contribution in [3.8, 4) is 11.4 Å². The predicted molar refractivity (Wildman–Crippen MR) is 104 cm³/mol. The fourth-order valence-electron chi connectivity index (χ4n) is 2.82. The molecule has 0 fully saturated rings. The minimum Gasteiger partial charge on any atom is -0.326 e. The van der Waals surface area contributed by atoms with E-state index < -0.39 is 0 Å². The molecule has 4 rings (SSSR count). The number of aromatic nitrogens is 4. The van der Waals surface area contributed by atoms with Crippen LogP contribution < -0.4 is 5.32 Å². The molecule has 1 N–H and O–H groups in total. The van der Waals surface area contributed by atoms with Gasteiger partial charge in [0.25, 0.3) is 0 Å². The minimum absolute atomic E-state index is 0.0159. The Morgan fingerprint density at radius 3 is 2.56 bits per heavy atom. The largest absolute Gasteiger partial charge is 0.326 e. The number of aryl methyl sites for hydroxylation is 1. The molecular weight excluding hydrogens is 338 g/mol. The van der Waals surface area contributed by atoms with Crippen LogP contribution in [-0.2, 0) is 11.2 Å². The topological polar surface area (TPSA) is 64.7 Å². The molecule has 0 aliphatic carbocycles. The Bertz CT molecular complexity index is 1000. The smallest absolute Gasteiger partial charge is 0.224 e. The highest BCUT2D eigenvalue weighted by molar-refractivity contribution is 5.90. The third kappa shape index (κ3) is 4.12. The minimum atomic E-state index is -0.0159. The molecular formula is C21H19N5O. The lowest BCUT2D eigenvalue weighted by molar-refractivity contribution is -0.116. The lowest BCUT2D eigenvalue weighted by atomic mass is 10.2. The van der Waals surface area contributed by atoms with Crippen molar-refractivity contribution >= 4 is 11.6 Å². The number of anilines is 1. The number of benzene rings is 2. The van der Waals surface area contributed by atoms with E-state index in [1.54, 1.807) is 18.7 Å². The van der Waals surface area contributed by atoms with Crippen molar-refractivity contribution in [2.24, 2.45) is 0 Å². The lowest BCUT2D eigenvalue weighted by Crippen LogP contribution is -2.12. The zero-order valence-corrected chi connectivity index (χ0v) is 14.7. The van der Waals surface area contributed by atoms with Crippen LogP contribution in [-0.4, -0.2) is 25.2 Å². The van der Waals surface area contributed by atoms with Gasteiger partial charge in [0.1, 0.15) is 0 Å². The van der Waals surface area contributed by atoms with Gasteiger partial charge >= 0.3 is 0 Å². The number of nitrogens with one attached hydrogen (secondary N) is 1. The van der Waals surface area contributed by atoms with Gasteiger partial charge in [0, 0.05) is 36.4 Å². The SMILES string of the molecule is O=C(CCc1cnn(-c2ccccc2)c1)Nc1ccc(-n2ccnc2)cc1. The van der Waals surface area contributed by atoms with Crippen LogP contribution >= 0.6 is 0 Å². The highest BCUT2D eigenvalue weighted by atomic mass is 16.1. The molecule has 27 heavy (non-hydrogen) atoms. The van der Waals surface area contributed by atoms with Crippen LogP contribution in [0.1, 0.15) is 12.0 Å². The van der Waals surface area contributed by atoms with Crippen LogP contribution in [0.15, 0.2) is 85.7 Å². The Balaban J connectivity index is 1.32. The molecule has 2 aromatic heterocycles. The number of hydrogen-bond acceptors (Lipinski definition) is 3. The molecule has 4 aromatic rings. The summed E-state index contributed by atoms with van der Waals surface area (Å²) in [5.41, 5.74) is 3.82. The Hall–Kier alpha value is -3.67. The summed E-state index contributed by atoms with van der Waals surface area (Å²) in [6, 6.07) is 17.6. The van der Waals surface area contributed by atoms with Crippen LogP contribution in [0.2, 0.25) is 0 Å². The number of rotatable bonds is 6. The zero-order chi connectivity index (χ0) is 18.5. The molecule has 0 spiro atoms. The molecule has 0 saturated heterocycles. The zero-order valence-electron chi connectivity index (χ0n) is 14.7. The molecule has 134 valence electrons. The first-order valence-electron chi connectivity index (χ1n) is 8.75. The summed E-state index contributed by atoms with van der Waals surface area (Å²) in [5, 5.41) is 7.29. The van der Waals surface area contributed by atoms with E-state index in [9.17, 15) is 4.79 Å². The highest BCUT2D eigenvalue weighted by Crippen LogP contribution is 2.14. The highest BCUT2D eigenvalue weighted by Gasteiger charge is 2.06. The van der Waals surface area contributed by atoms with E-state index in [0.717, 1.165) is 22.6 Å². The van der Waals surface area contributed by atoms with E-state index >= 15 is 0 Å². The van der Waals surface area contributed by atoms with Gasteiger partial charge in [0.2, 0.25) is 5.91 Å². The van der Waals surface area contributed by atoms with Crippen LogP contribution in [0.25, 0.3) is 11.4 Å². The number of hydrogen-bond donors (Lipinski definition) is 1. The normalized spacial score (nSPS) is 10.7. The monoisotopic (exact) mass is 357 g/mol. The van der Waals surface area contributed by atoms with Gasteiger partial charge in [-0.05, 0) is 48.4 Å². The second-order valence-electron chi connectivity index (χ2n) is 6.19. The Kier molecular flexibility index (Phi) is 4.78. The summed E-state index contributed by atoms with van der Waals surface area (Å²) >= 11 is 0. The summed E-state index contributed by atoms with van der Waals surface area (Å²) in [6.45, 7) is 0. The molecule has 0 aliphatic rings. The van der Waals surface area contributed by atoms with Crippen molar-refractivity contribution in [2.75, 3.05) is 5.32 Å². The molecule has 0 bridgehead atoms. The van der Waals surface area contributed by atoms with Crippen LogP contribution in [0.5, 0.6) is 0 Å². The van der Waals surface area contributed by atoms with E-state index in [1.807, 2.05) is 76.2 Å². The molecule has 0 aliphatic heterocycles. The lowest BCUT2D eigenvalue weighted by Gasteiger charge is -2.07. The fraction of sp³-hybridized carbons (Fsp3) is 0.0952. The molecule has 0 radical (unpaired) electrons. The van der Waals surface area contributed by atoms with Gasteiger partial charge in [-0.3, -0.25) is 4.79 Å². The average Bonchev–Trinajstić information content (AvgIpc) is 3.40. The van der Waals surface area contributed by atoms with Crippen molar-refractivity contribution in [2.45, 2.75) is 12.8 Å². The van der Waals surface area contributed by atoms with Crippen molar-refractivity contribution in [3.63, 3.8) is 0 Å². The van der Waals surface area contributed by atoms with Gasteiger partial charge < -0.3 is 9.88 Å². The van der Waals surface area contributed by atoms with Crippen molar-refractivity contribution < 1.29 is 4.79 Å². The molecule has 0 unspecified atom stereocenters. The van der Waals surface area contributed by atoms with Crippen LogP contribution in [0, 0.1) is 0 Å². The van der Waals surface area contributed by atoms with Gasteiger partial charge in [0.05, 0.1) is 18.2 Å². The van der Waals surface area contributed by atoms with Gasteiger partial charge in [-0.15, -0.1) is 0 Å². The van der Waals surface area contributed by atoms with Gasteiger partial charge in [0.15, 0.2) is 0 Å². The van der Waals surface area contributed by atoms with Gasteiger partial charge in [-0.2, -0.15) is 5.10 Å². The number of nitrogens with zero attached hydrogens (tertiary/aromatic N) is 4. The third-order valence-electron chi connectivity index (χ3n) is 4.25. The Labute approximate surface area is 157 Å². The van der Waals surface area contributed by atoms with E-state index in [2.05, 4.69) is 15.4 Å².